The van der Waals surface area contributed by atoms with Crippen LogP contribution < -0.4 is 0 Å². The van der Waals surface area contributed by atoms with E-state index in [-0.39, 0.29) is 5.75 Å². The van der Waals surface area contributed by atoms with Gasteiger partial charge < -0.3 is 10.2 Å². The minimum absolute atomic E-state index is 0.242. The number of carboxylic acid groups (broad SMARTS) is 1. The Morgan fingerprint density at radius 1 is 0.792 bits per heavy atom. The molecule has 0 atom stereocenters. The number of benzene rings is 3. The van der Waals surface area contributed by atoms with E-state index >= 15 is 0 Å². The Kier molecular flexibility index (Phi) is 4.43. The molecular weight excluding hydrogens is 300 g/mol. The van der Waals surface area contributed by atoms with Gasteiger partial charge in [0, 0.05) is 11.6 Å². The molecule has 3 heteroatoms. The zero-order valence-corrected chi connectivity index (χ0v) is 12.9. The second kappa shape index (κ2) is 6.84. The first kappa shape index (κ1) is 15.6. The largest absolute Gasteiger partial charge is 0.507 e. The number of carbonyl (C=O) groups is 1. The summed E-state index contributed by atoms with van der Waals surface area (Å²) < 4.78 is 0. The normalized spacial score (nSPS) is 10.8. The van der Waals surface area contributed by atoms with Crippen LogP contribution in [-0.2, 0) is 4.79 Å². The molecule has 0 heterocycles. The molecule has 3 aromatic rings. The first-order valence-electron chi connectivity index (χ1n) is 7.53. The number of hydrogen-bond acceptors (Lipinski definition) is 2. The van der Waals surface area contributed by atoms with Crippen molar-refractivity contribution in [3.8, 4) is 28.0 Å². The van der Waals surface area contributed by atoms with Crippen LogP contribution in [0.15, 0.2) is 78.9 Å². The molecule has 2 N–H and O–H groups in total. The van der Waals surface area contributed by atoms with Crippen LogP contribution in [0.2, 0.25) is 0 Å². The van der Waals surface area contributed by atoms with Crippen molar-refractivity contribution in [1.29, 1.82) is 0 Å². The van der Waals surface area contributed by atoms with Gasteiger partial charge in [0.1, 0.15) is 5.75 Å². The van der Waals surface area contributed by atoms with Gasteiger partial charge in [-0.2, -0.15) is 0 Å². The minimum Gasteiger partial charge on any atom is -0.507 e. The summed E-state index contributed by atoms with van der Waals surface area (Å²) in [5.41, 5.74) is 4.55. The molecule has 0 aliphatic carbocycles. The van der Waals surface area contributed by atoms with Crippen molar-refractivity contribution in [1.82, 2.24) is 0 Å². The molecule has 0 spiro atoms. The van der Waals surface area contributed by atoms with Gasteiger partial charge in [-0.25, -0.2) is 4.79 Å². The molecule has 24 heavy (non-hydrogen) atoms. The number of rotatable bonds is 4. The fourth-order valence-corrected chi connectivity index (χ4v) is 2.52. The van der Waals surface area contributed by atoms with Crippen molar-refractivity contribution < 1.29 is 15.0 Å². The third kappa shape index (κ3) is 3.52. The monoisotopic (exact) mass is 316 g/mol. The topological polar surface area (TPSA) is 57.5 Å². The van der Waals surface area contributed by atoms with E-state index in [9.17, 15) is 9.90 Å². The van der Waals surface area contributed by atoms with Gasteiger partial charge in [0.2, 0.25) is 0 Å². The Labute approximate surface area is 140 Å². The van der Waals surface area contributed by atoms with Crippen LogP contribution >= 0.6 is 0 Å². The summed E-state index contributed by atoms with van der Waals surface area (Å²) in [5, 5.41) is 18.8. The van der Waals surface area contributed by atoms with Crippen LogP contribution in [0, 0.1) is 0 Å². The van der Waals surface area contributed by atoms with Crippen LogP contribution in [0.25, 0.3) is 28.3 Å². The fourth-order valence-electron chi connectivity index (χ4n) is 2.52. The molecular formula is C21H16O3. The summed E-state index contributed by atoms with van der Waals surface area (Å²) in [6.07, 6.45) is 2.67. The van der Waals surface area contributed by atoms with Crippen LogP contribution in [0.5, 0.6) is 5.75 Å². The number of aromatic hydroxyl groups is 1. The summed E-state index contributed by atoms with van der Waals surface area (Å²) in [5.74, 6) is -0.726. The van der Waals surface area contributed by atoms with Crippen LogP contribution in [0.4, 0.5) is 0 Å². The maximum atomic E-state index is 10.6. The van der Waals surface area contributed by atoms with Crippen LogP contribution in [-0.4, -0.2) is 16.2 Å². The maximum Gasteiger partial charge on any atom is 0.328 e. The second-order valence-electron chi connectivity index (χ2n) is 5.39. The first-order valence-corrected chi connectivity index (χ1v) is 7.53. The maximum absolute atomic E-state index is 10.6. The van der Waals surface area contributed by atoms with Crippen LogP contribution in [0.1, 0.15) is 5.56 Å². The highest BCUT2D eigenvalue weighted by Gasteiger charge is 2.06. The quantitative estimate of drug-likeness (QED) is 0.678. The van der Waals surface area contributed by atoms with Crippen molar-refractivity contribution in [3.05, 3.63) is 84.4 Å². The van der Waals surface area contributed by atoms with Gasteiger partial charge in [-0.15, -0.1) is 0 Å². The lowest BCUT2D eigenvalue weighted by atomic mass is 9.97. The average molecular weight is 316 g/mol. The van der Waals surface area contributed by atoms with Gasteiger partial charge in [0.25, 0.3) is 0 Å². The molecule has 0 fully saturated rings. The van der Waals surface area contributed by atoms with Crippen molar-refractivity contribution in [2.24, 2.45) is 0 Å². The molecule has 0 radical (unpaired) electrons. The standard InChI is InChI=1S/C21H16O3/c22-20-12-11-18(14-19(20)17-4-2-1-3-5-17)16-9-6-15(7-10-16)8-13-21(23)24/h1-14,22H,(H,23,24)/b13-8+. The molecule has 0 saturated carbocycles. The summed E-state index contributed by atoms with van der Waals surface area (Å²) in [6, 6.07) is 22.8. The zero-order chi connectivity index (χ0) is 16.9. The van der Waals surface area contributed by atoms with E-state index in [0.717, 1.165) is 33.9 Å². The van der Waals surface area contributed by atoms with E-state index in [0.29, 0.717) is 0 Å². The lowest BCUT2D eigenvalue weighted by molar-refractivity contribution is -0.131. The molecule has 3 rings (SSSR count). The third-order valence-electron chi connectivity index (χ3n) is 3.74. The molecule has 0 bridgehead atoms. The van der Waals surface area contributed by atoms with E-state index in [4.69, 9.17) is 5.11 Å². The first-order chi connectivity index (χ1) is 11.6. The van der Waals surface area contributed by atoms with Gasteiger partial charge in [-0.05, 0) is 40.5 Å². The smallest absolute Gasteiger partial charge is 0.328 e. The van der Waals surface area contributed by atoms with Crippen molar-refractivity contribution in [3.63, 3.8) is 0 Å². The van der Waals surface area contributed by atoms with E-state index < -0.39 is 5.97 Å². The van der Waals surface area contributed by atoms with Gasteiger partial charge >= 0.3 is 5.97 Å². The molecule has 0 aliphatic rings. The predicted molar refractivity (Wildman–Crippen MR) is 95.6 cm³/mol. The van der Waals surface area contributed by atoms with E-state index in [1.165, 1.54) is 0 Å². The van der Waals surface area contributed by atoms with E-state index in [1.807, 2.05) is 66.7 Å². The SMILES string of the molecule is O=C(O)/C=C/c1ccc(-c2ccc(O)c(-c3ccccc3)c2)cc1. The Morgan fingerprint density at radius 2 is 1.46 bits per heavy atom. The van der Waals surface area contributed by atoms with E-state index in [2.05, 4.69) is 0 Å². The number of carboxylic acids is 1. The van der Waals surface area contributed by atoms with Crippen LogP contribution in [0.3, 0.4) is 0 Å². The number of phenolic OH excluding ortho intramolecular Hbond substituents is 1. The highest BCUT2D eigenvalue weighted by molar-refractivity contribution is 5.85. The third-order valence-corrected chi connectivity index (χ3v) is 3.74. The highest BCUT2D eigenvalue weighted by atomic mass is 16.4. The molecule has 118 valence electrons. The van der Waals surface area contributed by atoms with Gasteiger partial charge in [0.05, 0.1) is 0 Å². The highest BCUT2D eigenvalue weighted by Crippen LogP contribution is 2.33. The van der Waals surface area contributed by atoms with Gasteiger partial charge in [-0.3, -0.25) is 0 Å². The number of aliphatic carboxylic acids is 1. The molecule has 0 saturated heterocycles. The Bertz CT molecular complexity index is 879. The molecule has 0 amide bonds. The number of hydrogen-bond donors (Lipinski definition) is 2. The molecule has 0 aromatic heterocycles. The zero-order valence-electron chi connectivity index (χ0n) is 12.9. The summed E-state index contributed by atoms with van der Waals surface area (Å²) in [6.45, 7) is 0. The molecule has 0 aliphatic heterocycles. The summed E-state index contributed by atoms with van der Waals surface area (Å²) in [7, 11) is 0. The van der Waals surface area contributed by atoms with E-state index in [1.54, 1.807) is 12.1 Å². The molecule has 0 unspecified atom stereocenters. The van der Waals surface area contributed by atoms with Crippen molar-refractivity contribution >= 4 is 12.0 Å². The predicted octanol–water partition coefficient (Wildman–Crippen LogP) is 4.82. The minimum atomic E-state index is -0.967. The van der Waals surface area contributed by atoms with Crippen molar-refractivity contribution in [2.45, 2.75) is 0 Å². The lowest BCUT2D eigenvalue weighted by Gasteiger charge is -2.09. The average Bonchev–Trinajstić information content (AvgIpc) is 2.61. The summed E-state index contributed by atoms with van der Waals surface area (Å²) >= 11 is 0. The molecule has 3 nitrogen and oxygen atoms in total. The Balaban J connectivity index is 1.94. The Hall–Kier alpha value is -3.33. The summed E-state index contributed by atoms with van der Waals surface area (Å²) in [4.78, 5) is 10.6. The number of phenols is 1. The van der Waals surface area contributed by atoms with Gasteiger partial charge in [0.15, 0.2) is 0 Å². The second-order valence-corrected chi connectivity index (χ2v) is 5.39. The molecule has 3 aromatic carbocycles. The van der Waals surface area contributed by atoms with Crippen molar-refractivity contribution in [2.75, 3.05) is 0 Å². The Morgan fingerprint density at radius 3 is 2.12 bits per heavy atom. The van der Waals surface area contributed by atoms with Gasteiger partial charge in [-0.1, -0.05) is 60.7 Å². The lowest BCUT2D eigenvalue weighted by Crippen LogP contribution is -1.86. The fraction of sp³-hybridized carbons (Fsp3) is 0.